The van der Waals surface area contributed by atoms with Crippen LogP contribution in [0.3, 0.4) is 0 Å². The number of hydrogen-bond donors (Lipinski definition) is 1. The van der Waals surface area contributed by atoms with E-state index in [1.165, 1.54) is 0 Å². The molecular formula is C5H2F6N2O5. The van der Waals surface area contributed by atoms with Crippen molar-refractivity contribution in [2.45, 2.75) is 12.4 Å². The number of alkyl halides is 6. The fraction of sp³-hybridized carbons (Fsp3) is 0.400. The van der Waals surface area contributed by atoms with Crippen molar-refractivity contribution in [3.8, 4) is 0 Å². The summed E-state index contributed by atoms with van der Waals surface area (Å²) in [5.74, 6) is -6.23. The molecule has 18 heavy (non-hydrogen) atoms. The first-order valence-corrected chi connectivity index (χ1v) is 3.53. The van der Waals surface area contributed by atoms with Gasteiger partial charge in [0.2, 0.25) is 0 Å². The lowest BCUT2D eigenvalue weighted by Crippen LogP contribution is -2.44. The van der Waals surface area contributed by atoms with E-state index >= 15 is 0 Å². The lowest BCUT2D eigenvalue weighted by molar-refractivity contribution is -0.321. The first-order chi connectivity index (χ1) is 7.85. The van der Waals surface area contributed by atoms with Gasteiger partial charge in [-0.25, -0.2) is 14.4 Å². The molecule has 7 nitrogen and oxygen atoms in total. The number of carbonyl (C=O) groups excluding carboxylic acids is 3. The number of amides is 2. The van der Waals surface area contributed by atoms with Crippen LogP contribution in [0.15, 0.2) is 0 Å². The van der Waals surface area contributed by atoms with Crippen LogP contribution < -0.4 is 5.73 Å². The Morgan fingerprint density at radius 3 is 1.28 bits per heavy atom. The third kappa shape index (κ3) is 4.75. The first kappa shape index (κ1) is 15.8. The lowest BCUT2D eigenvalue weighted by Gasteiger charge is -2.17. The van der Waals surface area contributed by atoms with Crippen LogP contribution in [0.2, 0.25) is 0 Å². The molecule has 0 saturated carbocycles. The molecular weight excluding hydrogens is 282 g/mol. The predicted molar refractivity (Wildman–Crippen MR) is 35.7 cm³/mol. The van der Waals surface area contributed by atoms with Crippen LogP contribution in [0.25, 0.3) is 0 Å². The van der Waals surface area contributed by atoms with Crippen molar-refractivity contribution in [1.82, 2.24) is 5.23 Å². The monoisotopic (exact) mass is 284 g/mol. The Labute approximate surface area is 92.9 Å². The van der Waals surface area contributed by atoms with Crippen molar-refractivity contribution < 1.29 is 50.4 Å². The van der Waals surface area contributed by atoms with Gasteiger partial charge >= 0.3 is 30.3 Å². The average Bonchev–Trinajstić information content (AvgIpc) is 2.12. The molecule has 0 radical (unpaired) electrons. The Morgan fingerprint density at radius 2 is 1.11 bits per heavy atom. The van der Waals surface area contributed by atoms with E-state index in [-0.39, 0.29) is 0 Å². The van der Waals surface area contributed by atoms with Gasteiger partial charge in [0, 0.05) is 5.23 Å². The Balaban J connectivity index is 4.77. The maximum absolute atomic E-state index is 11.6. The molecule has 104 valence electrons. The number of nitrogens with two attached hydrogens (primary N) is 1. The first-order valence-electron chi connectivity index (χ1n) is 3.53. The summed E-state index contributed by atoms with van der Waals surface area (Å²) >= 11 is 0. The Morgan fingerprint density at radius 1 is 0.833 bits per heavy atom. The van der Waals surface area contributed by atoms with Gasteiger partial charge in [0.25, 0.3) is 0 Å². The average molecular weight is 284 g/mol. The molecule has 2 amide bonds. The summed E-state index contributed by atoms with van der Waals surface area (Å²) in [5, 5.41) is -1.34. The Hall–Kier alpha value is -2.21. The topological polar surface area (TPSA) is 98.9 Å². The molecule has 0 atom stereocenters. The normalized spacial score (nSPS) is 11.7. The zero-order chi connectivity index (χ0) is 14.7. The van der Waals surface area contributed by atoms with Gasteiger partial charge in [-0.05, 0) is 0 Å². The summed E-state index contributed by atoms with van der Waals surface area (Å²) in [6.07, 6.45) is -11.3. The van der Waals surface area contributed by atoms with E-state index in [4.69, 9.17) is 0 Å². The molecule has 0 saturated heterocycles. The van der Waals surface area contributed by atoms with Gasteiger partial charge < -0.3 is 5.73 Å². The van der Waals surface area contributed by atoms with Crippen LogP contribution in [0.1, 0.15) is 0 Å². The number of rotatable bonds is 0. The number of hydroxylamine groups is 2. The van der Waals surface area contributed by atoms with Crippen LogP contribution in [0, 0.1) is 0 Å². The van der Waals surface area contributed by atoms with Gasteiger partial charge in [-0.3, -0.25) is 9.68 Å². The third-order valence-corrected chi connectivity index (χ3v) is 0.975. The smallest absolute Gasteiger partial charge is 0.346 e. The van der Waals surface area contributed by atoms with Crippen molar-refractivity contribution >= 4 is 18.0 Å². The summed E-state index contributed by atoms with van der Waals surface area (Å²) in [6.45, 7) is 0. The van der Waals surface area contributed by atoms with Gasteiger partial charge in [-0.2, -0.15) is 26.3 Å². The fourth-order valence-electron chi connectivity index (χ4n) is 0.363. The van der Waals surface area contributed by atoms with Crippen LogP contribution in [-0.4, -0.2) is 35.5 Å². The van der Waals surface area contributed by atoms with Crippen molar-refractivity contribution in [2.24, 2.45) is 5.73 Å². The molecule has 0 bridgehead atoms. The quantitative estimate of drug-likeness (QED) is 0.513. The van der Waals surface area contributed by atoms with E-state index < -0.39 is 35.5 Å². The van der Waals surface area contributed by atoms with E-state index in [0.29, 0.717) is 0 Å². The van der Waals surface area contributed by atoms with Crippen LogP contribution in [-0.2, 0) is 19.3 Å². The second-order valence-corrected chi connectivity index (χ2v) is 2.35. The maximum Gasteiger partial charge on any atom is 0.493 e. The highest BCUT2D eigenvalue weighted by Crippen LogP contribution is 2.20. The molecule has 0 rings (SSSR count). The standard InChI is InChI=1S/C5H2F6N2O5/c6-4(7,8)1(14)17-13(3(12)16)18-2(15)5(9,10)11/h(H2,12,16). The summed E-state index contributed by atoms with van der Waals surface area (Å²) in [4.78, 5) is 36.6. The summed E-state index contributed by atoms with van der Waals surface area (Å²) in [7, 11) is 0. The minimum atomic E-state index is -5.64. The summed E-state index contributed by atoms with van der Waals surface area (Å²) in [6, 6.07) is -2.19. The number of hydrogen-bond acceptors (Lipinski definition) is 5. The SMILES string of the molecule is NC(=O)N(OC(=O)C(F)(F)F)OC(=O)C(F)(F)F. The van der Waals surface area contributed by atoms with Crippen LogP contribution in [0.4, 0.5) is 31.1 Å². The number of primary amides is 1. The van der Waals surface area contributed by atoms with E-state index in [1.54, 1.807) is 0 Å². The second-order valence-electron chi connectivity index (χ2n) is 2.35. The van der Waals surface area contributed by atoms with E-state index in [2.05, 4.69) is 15.4 Å². The second kappa shape index (κ2) is 4.97. The molecule has 0 aliphatic carbocycles. The number of urea groups is 1. The van der Waals surface area contributed by atoms with Gasteiger partial charge in [0.05, 0.1) is 0 Å². The molecule has 13 heteroatoms. The van der Waals surface area contributed by atoms with Crippen molar-refractivity contribution in [1.29, 1.82) is 0 Å². The molecule has 0 aromatic heterocycles. The fourth-order valence-corrected chi connectivity index (χ4v) is 0.363. The summed E-state index contributed by atoms with van der Waals surface area (Å²) < 4.78 is 69.8. The van der Waals surface area contributed by atoms with Crippen LogP contribution >= 0.6 is 0 Å². The molecule has 0 heterocycles. The highest BCUT2D eigenvalue weighted by Gasteiger charge is 2.47. The third-order valence-electron chi connectivity index (χ3n) is 0.975. The number of nitrogens with zero attached hydrogens (tertiary/aromatic N) is 1. The molecule has 0 aromatic carbocycles. The van der Waals surface area contributed by atoms with Gasteiger partial charge in [-0.15, -0.1) is 0 Å². The van der Waals surface area contributed by atoms with E-state index in [1.807, 2.05) is 0 Å². The van der Waals surface area contributed by atoms with Crippen molar-refractivity contribution in [3.05, 3.63) is 0 Å². The molecule has 0 unspecified atom stereocenters. The van der Waals surface area contributed by atoms with Gasteiger partial charge in [0.1, 0.15) is 0 Å². The van der Waals surface area contributed by atoms with Gasteiger partial charge in [-0.1, -0.05) is 0 Å². The molecule has 0 aromatic rings. The highest BCUT2D eigenvalue weighted by atomic mass is 19.4. The molecule has 0 aliphatic rings. The summed E-state index contributed by atoms with van der Waals surface area (Å²) in [5.41, 5.74) is 4.22. The van der Waals surface area contributed by atoms with Gasteiger partial charge in [0.15, 0.2) is 0 Å². The number of carbonyl (C=O) groups is 3. The minimum absolute atomic E-state index is 1.34. The Kier molecular flexibility index (Phi) is 4.36. The zero-order valence-electron chi connectivity index (χ0n) is 7.83. The van der Waals surface area contributed by atoms with Crippen molar-refractivity contribution in [2.75, 3.05) is 0 Å². The molecule has 2 N–H and O–H groups in total. The molecule has 0 fully saturated rings. The number of halogens is 6. The minimum Gasteiger partial charge on any atom is -0.346 e. The van der Waals surface area contributed by atoms with E-state index in [9.17, 15) is 40.7 Å². The lowest BCUT2D eigenvalue weighted by atomic mass is 10.7. The van der Waals surface area contributed by atoms with Crippen LogP contribution in [0.5, 0.6) is 0 Å². The zero-order valence-corrected chi connectivity index (χ0v) is 7.83. The molecule has 0 aliphatic heterocycles. The Bertz CT molecular complexity index is 334. The predicted octanol–water partition coefficient (Wildman–Crippen LogP) is 0.408. The van der Waals surface area contributed by atoms with E-state index in [0.717, 1.165) is 0 Å². The highest BCUT2D eigenvalue weighted by molar-refractivity contribution is 5.80. The maximum atomic E-state index is 11.6. The largest absolute Gasteiger partial charge is 0.493 e. The molecule has 0 spiro atoms. The van der Waals surface area contributed by atoms with Crippen molar-refractivity contribution in [3.63, 3.8) is 0 Å².